The molecule has 0 unspecified atom stereocenters. The van der Waals surface area contributed by atoms with E-state index in [1.54, 1.807) is 0 Å². The molecule has 0 atom stereocenters. The molecule has 0 aliphatic carbocycles. The number of hydrogen-bond acceptors (Lipinski definition) is 1. The van der Waals surface area contributed by atoms with Gasteiger partial charge in [-0.2, -0.15) is 0 Å². The van der Waals surface area contributed by atoms with E-state index in [4.69, 9.17) is 0 Å². The van der Waals surface area contributed by atoms with Gasteiger partial charge >= 0.3 is 84.3 Å². The maximum atomic E-state index is 9.24. The van der Waals surface area contributed by atoms with Crippen molar-refractivity contribution in [3.63, 3.8) is 0 Å². The van der Waals surface area contributed by atoms with E-state index in [9.17, 15) is 5.11 Å². The van der Waals surface area contributed by atoms with Crippen LogP contribution in [0.4, 0.5) is 0 Å². The van der Waals surface area contributed by atoms with Crippen molar-refractivity contribution in [3.05, 3.63) is 48.0 Å². The van der Waals surface area contributed by atoms with Crippen LogP contribution >= 0.6 is 0 Å². The predicted octanol–water partition coefficient (Wildman–Crippen LogP) is 2.24. The molecule has 2 aromatic carbocycles. The molecule has 1 nitrogen and oxygen atoms in total. The normalized spacial score (nSPS) is 10.2. The first kappa shape index (κ1) is 8.65. The Bertz CT molecular complexity index is 462. The second-order valence-corrected chi connectivity index (χ2v) is 3.47. The SMILES string of the molecule is O[C](=[Cr])c1ccc2ccccc2c1. The summed E-state index contributed by atoms with van der Waals surface area (Å²) < 4.78 is 0.241. The molecule has 0 bridgehead atoms. The summed E-state index contributed by atoms with van der Waals surface area (Å²) in [6.07, 6.45) is 0. The van der Waals surface area contributed by atoms with Crippen molar-refractivity contribution in [1.82, 2.24) is 0 Å². The topological polar surface area (TPSA) is 20.2 Å². The van der Waals surface area contributed by atoms with Gasteiger partial charge in [-0.15, -0.1) is 0 Å². The maximum absolute atomic E-state index is 9.24. The van der Waals surface area contributed by atoms with Crippen LogP contribution in [0.25, 0.3) is 10.8 Å². The molecular formula is C11H8CrO. The van der Waals surface area contributed by atoms with Crippen molar-refractivity contribution in [1.29, 1.82) is 0 Å². The first-order valence-electron chi connectivity index (χ1n) is 3.99. The van der Waals surface area contributed by atoms with Crippen molar-refractivity contribution in [2.75, 3.05) is 0 Å². The Labute approximate surface area is 84.6 Å². The summed E-state index contributed by atoms with van der Waals surface area (Å²) in [5.41, 5.74) is 0.832. The van der Waals surface area contributed by atoms with E-state index in [1.807, 2.05) is 36.4 Å². The first-order chi connectivity index (χ1) is 6.27. The first-order valence-corrected chi connectivity index (χ1v) is 4.63. The van der Waals surface area contributed by atoms with Crippen LogP contribution in [0.1, 0.15) is 5.56 Å². The van der Waals surface area contributed by atoms with Crippen LogP contribution in [0.2, 0.25) is 0 Å². The molecule has 0 saturated heterocycles. The molecule has 0 spiro atoms. The average Bonchev–Trinajstić information content (AvgIpc) is 2.17. The zero-order valence-corrected chi connectivity index (χ0v) is 8.17. The average molecular weight is 208 g/mol. The molecule has 0 saturated carbocycles. The molecule has 2 aromatic rings. The van der Waals surface area contributed by atoms with Crippen LogP contribution in [-0.2, 0) is 15.9 Å². The van der Waals surface area contributed by atoms with E-state index in [-0.39, 0.29) is 4.57 Å². The summed E-state index contributed by atoms with van der Waals surface area (Å²) >= 11 is 2.59. The zero-order valence-electron chi connectivity index (χ0n) is 6.90. The molecule has 0 aliphatic heterocycles. The third-order valence-electron chi connectivity index (χ3n) is 2.00. The molecule has 0 fully saturated rings. The molecule has 2 heteroatoms. The van der Waals surface area contributed by atoms with Gasteiger partial charge in [-0.05, 0) is 0 Å². The Morgan fingerprint density at radius 1 is 1.00 bits per heavy atom. The standard InChI is InChI=1S/C11H8O.Cr/c12-8-9-5-6-10-3-1-2-4-11(10)7-9;/h1-7,12H;. The molecule has 0 radical (unpaired) electrons. The zero-order chi connectivity index (χ0) is 9.26. The molecule has 0 aromatic heterocycles. The molecule has 2 rings (SSSR count). The van der Waals surface area contributed by atoms with Crippen LogP contribution in [0.5, 0.6) is 0 Å². The Balaban J connectivity index is 2.69. The fraction of sp³-hybridized carbons (Fsp3) is 0. The summed E-state index contributed by atoms with van der Waals surface area (Å²) in [7, 11) is 0. The molecular weight excluding hydrogens is 200 g/mol. The number of rotatable bonds is 1. The van der Waals surface area contributed by atoms with Crippen LogP contribution in [0, 0.1) is 0 Å². The Kier molecular flexibility index (Phi) is 2.28. The van der Waals surface area contributed by atoms with Crippen LogP contribution in [-0.4, -0.2) is 9.67 Å². The third-order valence-corrected chi connectivity index (χ3v) is 2.36. The summed E-state index contributed by atoms with van der Waals surface area (Å²) in [5.74, 6) is 0. The van der Waals surface area contributed by atoms with Gasteiger partial charge in [0.05, 0.1) is 0 Å². The van der Waals surface area contributed by atoms with Crippen LogP contribution in [0.15, 0.2) is 42.5 Å². The monoisotopic (exact) mass is 208 g/mol. The van der Waals surface area contributed by atoms with Gasteiger partial charge in [-0.1, -0.05) is 0 Å². The number of hydrogen-bond donors (Lipinski definition) is 1. The van der Waals surface area contributed by atoms with Crippen molar-refractivity contribution in [2.24, 2.45) is 0 Å². The van der Waals surface area contributed by atoms with E-state index in [1.165, 1.54) is 5.39 Å². The molecule has 1 N–H and O–H groups in total. The second-order valence-electron chi connectivity index (χ2n) is 2.87. The van der Waals surface area contributed by atoms with Gasteiger partial charge in [0.2, 0.25) is 0 Å². The van der Waals surface area contributed by atoms with Crippen molar-refractivity contribution in [2.45, 2.75) is 0 Å². The third kappa shape index (κ3) is 1.71. The summed E-state index contributed by atoms with van der Waals surface area (Å²) in [6.45, 7) is 0. The van der Waals surface area contributed by atoms with Crippen molar-refractivity contribution < 1.29 is 21.0 Å². The molecule has 0 aliphatic rings. The van der Waals surface area contributed by atoms with Gasteiger partial charge in [-0.3, -0.25) is 0 Å². The van der Waals surface area contributed by atoms with Crippen molar-refractivity contribution >= 4 is 15.3 Å². The van der Waals surface area contributed by atoms with Crippen molar-refractivity contribution in [3.8, 4) is 0 Å². The number of aliphatic hydroxyl groups is 1. The summed E-state index contributed by atoms with van der Waals surface area (Å²) in [4.78, 5) is 0. The summed E-state index contributed by atoms with van der Waals surface area (Å²) in [5, 5.41) is 11.6. The second kappa shape index (κ2) is 3.43. The predicted molar refractivity (Wildman–Crippen MR) is 50.0 cm³/mol. The quantitative estimate of drug-likeness (QED) is 0.762. The van der Waals surface area contributed by atoms with Gasteiger partial charge in [0.25, 0.3) is 0 Å². The molecule has 0 amide bonds. The molecule has 64 valence electrons. The Morgan fingerprint density at radius 3 is 2.38 bits per heavy atom. The molecule has 13 heavy (non-hydrogen) atoms. The minimum atomic E-state index is 0.241. The fourth-order valence-electron chi connectivity index (χ4n) is 1.32. The van der Waals surface area contributed by atoms with Gasteiger partial charge in [0.15, 0.2) is 0 Å². The van der Waals surface area contributed by atoms with Crippen LogP contribution in [0.3, 0.4) is 0 Å². The number of fused-ring (bicyclic) bond motifs is 1. The van der Waals surface area contributed by atoms with Crippen LogP contribution < -0.4 is 0 Å². The molecule has 0 heterocycles. The van der Waals surface area contributed by atoms with E-state index in [0.29, 0.717) is 0 Å². The van der Waals surface area contributed by atoms with E-state index in [0.717, 1.165) is 10.9 Å². The fourth-order valence-corrected chi connectivity index (χ4v) is 1.52. The van der Waals surface area contributed by atoms with Gasteiger partial charge in [0.1, 0.15) is 0 Å². The Morgan fingerprint density at radius 2 is 1.69 bits per heavy atom. The number of benzene rings is 2. The van der Waals surface area contributed by atoms with E-state index < -0.39 is 0 Å². The summed E-state index contributed by atoms with van der Waals surface area (Å²) in [6, 6.07) is 13.9. The van der Waals surface area contributed by atoms with E-state index >= 15 is 0 Å². The van der Waals surface area contributed by atoms with Gasteiger partial charge < -0.3 is 0 Å². The number of aliphatic hydroxyl groups excluding tert-OH is 1. The van der Waals surface area contributed by atoms with Gasteiger partial charge in [-0.25, -0.2) is 0 Å². The Hall–Kier alpha value is -0.938. The van der Waals surface area contributed by atoms with Gasteiger partial charge in [0, 0.05) is 0 Å². The van der Waals surface area contributed by atoms with E-state index in [2.05, 4.69) is 21.9 Å². The minimum absolute atomic E-state index is 0.241.